The van der Waals surface area contributed by atoms with Crippen LogP contribution in [-0.2, 0) is 23.1 Å². The monoisotopic (exact) mass is 346 g/mol. The van der Waals surface area contributed by atoms with Gasteiger partial charge < -0.3 is 0 Å². The molecule has 0 amide bonds. The Bertz CT molecular complexity index is 578. The van der Waals surface area contributed by atoms with Crippen molar-refractivity contribution in [1.29, 1.82) is 0 Å². The van der Waals surface area contributed by atoms with Crippen LogP contribution in [0.25, 0.3) is 0 Å². The molecule has 23 heavy (non-hydrogen) atoms. The summed E-state index contributed by atoms with van der Waals surface area (Å²) >= 11 is 0. The van der Waals surface area contributed by atoms with Gasteiger partial charge in [0.25, 0.3) is 0 Å². The number of hydrogen-bond acceptors (Lipinski definition) is 8. The van der Waals surface area contributed by atoms with Gasteiger partial charge in [-0.1, -0.05) is 0 Å². The molecular formula is C14H19O8P. The van der Waals surface area contributed by atoms with Crippen molar-refractivity contribution in [2.24, 2.45) is 0 Å². The van der Waals surface area contributed by atoms with E-state index in [2.05, 4.69) is 0 Å². The van der Waals surface area contributed by atoms with Gasteiger partial charge in [0.15, 0.2) is 0 Å². The molecule has 1 aromatic carbocycles. The van der Waals surface area contributed by atoms with Crippen LogP contribution >= 0.6 is 8.17 Å². The van der Waals surface area contributed by atoms with Gasteiger partial charge in [-0.15, -0.1) is 0 Å². The first kappa shape index (κ1) is 17.8. The van der Waals surface area contributed by atoms with Crippen molar-refractivity contribution in [1.82, 2.24) is 0 Å². The van der Waals surface area contributed by atoms with Crippen LogP contribution in [0.2, 0.25) is 0 Å². The summed E-state index contributed by atoms with van der Waals surface area (Å²) in [6.07, 6.45) is -0.608. The molecule has 0 aliphatic carbocycles. The van der Waals surface area contributed by atoms with Crippen molar-refractivity contribution >= 4 is 20.1 Å². The molecule has 0 saturated carbocycles. The first-order valence-electron chi connectivity index (χ1n) is 7.06. The van der Waals surface area contributed by atoms with Crippen molar-refractivity contribution in [3.8, 4) is 5.75 Å². The minimum absolute atomic E-state index is 0.0710. The molecular weight excluding hydrogens is 327 g/mol. The van der Waals surface area contributed by atoms with Gasteiger partial charge in [-0.05, 0) is 0 Å². The Kier molecular flexibility index (Phi) is 6.04. The van der Waals surface area contributed by atoms with Crippen LogP contribution in [0.3, 0.4) is 0 Å². The van der Waals surface area contributed by atoms with Gasteiger partial charge in [0, 0.05) is 0 Å². The van der Waals surface area contributed by atoms with Crippen LogP contribution in [0.5, 0.6) is 5.75 Å². The molecule has 0 bridgehead atoms. The van der Waals surface area contributed by atoms with Crippen molar-refractivity contribution in [3.63, 3.8) is 0 Å². The first-order valence-corrected chi connectivity index (χ1v) is 8.73. The molecule has 1 fully saturated rings. The number of benzene rings is 1. The first-order chi connectivity index (χ1) is 10.9. The van der Waals surface area contributed by atoms with Gasteiger partial charge in [-0.2, -0.15) is 0 Å². The van der Waals surface area contributed by atoms with Crippen molar-refractivity contribution < 1.29 is 37.5 Å². The average molecular weight is 346 g/mol. The van der Waals surface area contributed by atoms with E-state index in [1.54, 1.807) is 19.1 Å². The van der Waals surface area contributed by atoms with E-state index in [1.807, 2.05) is 0 Å². The minimum atomic E-state index is -3.59. The molecule has 0 spiro atoms. The summed E-state index contributed by atoms with van der Waals surface area (Å²) in [6, 6.07) is 6.24. The summed E-state index contributed by atoms with van der Waals surface area (Å²) in [4.78, 5) is 33.0. The number of rotatable bonds is 6. The zero-order valence-electron chi connectivity index (χ0n) is 12.8. The summed E-state index contributed by atoms with van der Waals surface area (Å²) in [5, 5.41) is 0. The molecule has 8 nitrogen and oxygen atoms in total. The van der Waals surface area contributed by atoms with Crippen LogP contribution in [0.4, 0.5) is 0 Å². The van der Waals surface area contributed by atoms with Gasteiger partial charge in [-0.25, -0.2) is 0 Å². The van der Waals surface area contributed by atoms with Crippen LogP contribution in [-0.4, -0.2) is 42.8 Å². The Balaban J connectivity index is 1.92. The second kappa shape index (κ2) is 7.81. The number of para-hydroxylation sites is 1. The molecule has 1 N–H and O–H groups in total. The zero-order chi connectivity index (χ0) is 16.9. The molecule has 1 heterocycles. The maximum absolute atomic E-state index is 12.1. The summed E-state index contributed by atoms with van der Waals surface area (Å²) in [6.45, 7) is 3.16. The maximum atomic E-state index is 12.1. The van der Waals surface area contributed by atoms with E-state index < -0.39 is 26.2 Å². The fourth-order valence-electron chi connectivity index (χ4n) is 1.94. The van der Waals surface area contributed by atoms with E-state index in [9.17, 15) is 14.5 Å². The van der Waals surface area contributed by atoms with E-state index in [0.717, 1.165) is 0 Å². The Morgan fingerprint density at radius 2 is 2.13 bits per heavy atom. The normalized spacial score (nSPS) is 20.7. The Hall–Kier alpha value is -1.57. The molecule has 1 aromatic rings. The van der Waals surface area contributed by atoms with Gasteiger partial charge in [0.2, 0.25) is 0 Å². The van der Waals surface area contributed by atoms with Gasteiger partial charge >= 0.3 is 133 Å². The van der Waals surface area contributed by atoms with E-state index in [0.29, 0.717) is 0 Å². The zero-order valence-corrected chi connectivity index (χ0v) is 13.8. The second-order valence-corrected chi connectivity index (χ2v) is 6.56. The fraction of sp³-hybridized carbons (Fsp3) is 0.429. The number of hydrogen-bond donors (Lipinski definition) is 1. The predicted octanol–water partition coefficient (Wildman–Crippen LogP) is 1.62. The Morgan fingerprint density at radius 1 is 1.39 bits per heavy atom. The van der Waals surface area contributed by atoms with E-state index in [4.69, 9.17) is 23.0 Å². The Labute approximate surface area is 133 Å². The summed E-state index contributed by atoms with van der Waals surface area (Å²) in [7, 11) is -3.59. The molecule has 1 atom stereocenters. The Morgan fingerprint density at radius 3 is 2.83 bits per heavy atom. The van der Waals surface area contributed by atoms with E-state index in [-0.39, 0.29) is 31.1 Å². The molecule has 128 valence electrons. The van der Waals surface area contributed by atoms with E-state index in [1.165, 1.54) is 19.1 Å². The standard InChI is InChI=1S/C14H19O8P/c1-3-19-23(17)20-9-11(22-23)8-18-14(16)12-6-4-5-7-13(12)21-10(2)15/h4-7,11,17,23H,3,8-9H2,1-2H3. The molecule has 0 radical (unpaired) electrons. The topological polar surface area (TPSA) is 101 Å². The SMILES string of the molecule is CCO[PH]1(O)OCC(COC(=O)c2ccccc2OC(C)=O)O1. The van der Waals surface area contributed by atoms with Crippen LogP contribution < -0.4 is 4.74 Å². The molecule has 1 saturated heterocycles. The molecule has 9 heteroatoms. The van der Waals surface area contributed by atoms with Crippen LogP contribution in [0.1, 0.15) is 24.2 Å². The number of carbonyl (C=O) groups excluding carboxylic acids is 2. The van der Waals surface area contributed by atoms with Crippen molar-refractivity contribution in [2.75, 3.05) is 19.8 Å². The molecule has 1 aliphatic rings. The summed E-state index contributed by atoms with van der Waals surface area (Å²) in [5.74, 6) is -1.08. The third-order valence-corrected chi connectivity index (χ3v) is 4.67. The second-order valence-electron chi connectivity index (χ2n) is 4.70. The van der Waals surface area contributed by atoms with E-state index >= 15 is 0 Å². The predicted molar refractivity (Wildman–Crippen MR) is 81.0 cm³/mol. The number of esters is 2. The molecule has 0 aromatic heterocycles. The van der Waals surface area contributed by atoms with Crippen molar-refractivity contribution in [3.05, 3.63) is 29.8 Å². The third kappa shape index (κ3) is 4.95. The van der Waals surface area contributed by atoms with Gasteiger partial charge in [0.1, 0.15) is 0 Å². The van der Waals surface area contributed by atoms with Gasteiger partial charge in [0.05, 0.1) is 0 Å². The third-order valence-electron chi connectivity index (χ3n) is 2.85. The van der Waals surface area contributed by atoms with Crippen LogP contribution in [0.15, 0.2) is 24.3 Å². The number of ether oxygens (including phenoxy) is 2. The quantitative estimate of drug-likeness (QED) is 0.471. The molecule has 1 unspecified atom stereocenters. The molecule has 2 rings (SSSR count). The van der Waals surface area contributed by atoms with Crippen LogP contribution in [0, 0.1) is 0 Å². The van der Waals surface area contributed by atoms with Crippen molar-refractivity contribution in [2.45, 2.75) is 20.0 Å². The summed E-state index contributed by atoms with van der Waals surface area (Å²) < 4.78 is 25.5. The fourth-order valence-corrected chi connectivity index (χ4v) is 3.48. The molecule has 1 aliphatic heterocycles. The average Bonchev–Trinajstić information content (AvgIpc) is 2.86. The number of carbonyl (C=O) groups is 2. The van der Waals surface area contributed by atoms with Gasteiger partial charge in [-0.3, -0.25) is 0 Å². The summed E-state index contributed by atoms with van der Waals surface area (Å²) in [5.41, 5.74) is 0.124.